The molecule has 0 aliphatic carbocycles. The minimum absolute atomic E-state index is 0.0330. The summed E-state index contributed by atoms with van der Waals surface area (Å²) in [6.45, 7) is 4.10. The molecule has 2 N–H and O–H groups in total. The molecule has 4 rings (SSSR count). The van der Waals surface area contributed by atoms with Gasteiger partial charge < -0.3 is 10.2 Å². The van der Waals surface area contributed by atoms with E-state index in [4.69, 9.17) is 10.2 Å². The van der Waals surface area contributed by atoms with Crippen LogP contribution in [0.2, 0.25) is 0 Å². The predicted octanol–water partition coefficient (Wildman–Crippen LogP) is 2.98. The van der Waals surface area contributed by atoms with Gasteiger partial charge in [-0.2, -0.15) is 4.98 Å². The number of aryl methyl sites for hydroxylation is 1. The van der Waals surface area contributed by atoms with E-state index in [0.29, 0.717) is 22.6 Å². The van der Waals surface area contributed by atoms with Crippen LogP contribution in [0.4, 0.5) is 5.95 Å². The third-order valence-electron chi connectivity index (χ3n) is 4.02. The lowest BCUT2D eigenvalue weighted by Gasteiger charge is -2.13. The van der Waals surface area contributed by atoms with Gasteiger partial charge in [0.2, 0.25) is 5.95 Å². The van der Waals surface area contributed by atoms with Gasteiger partial charge in [0.05, 0.1) is 12.3 Å². The van der Waals surface area contributed by atoms with E-state index in [2.05, 4.69) is 51.5 Å². The molecule has 7 nitrogen and oxygen atoms in total. The zero-order valence-corrected chi connectivity index (χ0v) is 13.3. The lowest BCUT2D eigenvalue weighted by Crippen LogP contribution is -2.10. The molecule has 3 aromatic heterocycles. The number of nitrogen functional groups attached to an aromatic ring is 1. The minimum atomic E-state index is -0.0330. The van der Waals surface area contributed by atoms with Gasteiger partial charge >= 0.3 is 0 Å². The van der Waals surface area contributed by atoms with Crippen molar-refractivity contribution >= 4 is 17.1 Å². The molecule has 0 saturated carbocycles. The van der Waals surface area contributed by atoms with E-state index in [-0.39, 0.29) is 12.0 Å². The molecule has 0 aliphatic heterocycles. The summed E-state index contributed by atoms with van der Waals surface area (Å²) < 4.78 is 7.18. The second kappa shape index (κ2) is 5.45. The Hall–Kier alpha value is -3.22. The first-order valence-corrected chi connectivity index (χ1v) is 7.62. The lowest BCUT2D eigenvalue weighted by atomic mass is 10.1. The number of anilines is 1. The van der Waals surface area contributed by atoms with Crippen LogP contribution in [-0.4, -0.2) is 25.0 Å². The van der Waals surface area contributed by atoms with Crippen molar-refractivity contribution in [3.63, 3.8) is 0 Å². The molecular weight excluding hydrogens is 304 g/mol. The normalized spacial score (nSPS) is 12.6. The van der Waals surface area contributed by atoms with Crippen molar-refractivity contribution in [2.24, 2.45) is 0 Å². The highest BCUT2D eigenvalue weighted by atomic mass is 16.3. The van der Waals surface area contributed by atoms with Crippen LogP contribution in [0.5, 0.6) is 0 Å². The smallest absolute Gasteiger partial charge is 0.222 e. The summed E-state index contributed by atoms with van der Waals surface area (Å²) in [6, 6.07) is 11.9. The molecule has 0 bridgehead atoms. The van der Waals surface area contributed by atoms with Gasteiger partial charge in [-0.15, -0.1) is 5.10 Å². The molecule has 0 saturated heterocycles. The predicted molar refractivity (Wildman–Crippen MR) is 90.2 cm³/mol. The summed E-state index contributed by atoms with van der Waals surface area (Å²) >= 11 is 0. The van der Waals surface area contributed by atoms with Gasteiger partial charge in [-0.3, -0.25) is 0 Å². The number of hydrogen-bond acceptors (Lipinski definition) is 6. The van der Waals surface area contributed by atoms with Crippen LogP contribution in [-0.2, 0) is 0 Å². The maximum Gasteiger partial charge on any atom is 0.222 e. The van der Waals surface area contributed by atoms with Gasteiger partial charge in [-0.25, -0.2) is 9.67 Å². The average Bonchev–Trinajstić information content (AvgIpc) is 3.24. The van der Waals surface area contributed by atoms with Crippen molar-refractivity contribution in [3.8, 4) is 11.5 Å². The Bertz CT molecular complexity index is 988. The Morgan fingerprint density at radius 1 is 1.12 bits per heavy atom. The number of nitrogens with two attached hydrogens (primary N) is 1. The zero-order valence-electron chi connectivity index (χ0n) is 13.3. The largest absolute Gasteiger partial charge is 0.463 e. The van der Waals surface area contributed by atoms with Gasteiger partial charge in [-0.1, -0.05) is 35.0 Å². The van der Waals surface area contributed by atoms with E-state index >= 15 is 0 Å². The first-order valence-electron chi connectivity index (χ1n) is 7.62. The summed E-state index contributed by atoms with van der Waals surface area (Å²) in [5.74, 6) is 0.748. The number of rotatable bonds is 3. The molecule has 0 aliphatic rings. The fourth-order valence-electron chi connectivity index (χ4n) is 2.68. The molecule has 0 amide bonds. The second-order valence-electron chi connectivity index (χ2n) is 5.70. The Kier molecular flexibility index (Phi) is 3.26. The Morgan fingerprint density at radius 3 is 2.62 bits per heavy atom. The van der Waals surface area contributed by atoms with E-state index in [1.807, 2.05) is 13.0 Å². The van der Waals surface area contributed by atoms with E-state index < -0.39 is 0 Å². The number of fused-ring (bicyclic) bond motifs is 1. The number of nitrogens with zero attached hydrogens (tertiary/aromatic N) is 5. The highest BCUT2D eigenvalue weighted by molar-refractivity contribution is 5.86. The minimum Gasteiger partial charge on any atom is -0.463 e. The first kappa shape index (κ1) is 14.4. The van der Waals surface area contributed by atoms with Crippen molar-refractivity contribution in [2.75, 3.05) is 5.73 Å². The maximum absolute atomic E-state index is 5.88. The molecular formula is C17H16N6O. The van der Waals surface area contributed by atoms with Crippen LogP contribution in [0.15, 0.2) is 47.1 Å². The quantitative estimate of drug-likeness (QED) is 0.623. The molecule has 1 atom stereocenters. The number of aromatic nitrogens is 5. The summed E-state index contributed by atoms with van der Waals surface area (Å²) in [4.78, 5) is 8.59. The van der Waals surface area contributed by atoms with Crippen molar-refractivity contribution in [3.05, 3.63) is 53.8 Å². The fraction of sp³-hybridized carbons (Fsp3) is 0.176. The SMILES string of the molecule is Cc1ccc(C(C)n2nnc3c(-c4ccco4)nc(N)nc32)cc1. The molecule has 1 aromatic carbocycles. The topological polar surface area (TPSA) is 95.7 Å². The first-order chi connectivity index (χ1) is 11.6. The summed E-state index contributed by atoms with van der Waals surface area (Å²) in [6.07, 6.45) is 1.58. The molecule has 0 fully saturated rings. The van der Waals surface area contributed by atoms with Gasteiger partial charge in [0.1, 0.15) is 5.69 Å². The number of hydrogen-bond donors (Lipinski definition) is 1. The van der Waals surface area contributed by atoms with E-state index in [0.717, 1.165) is 5.56 Å². The molecule has 0 spiro atoms. The zero-order chi connectivity index (χ0) is 16.7. The highest BCUT2D eigenvalue weighted by Crippen LogP contribution is 2.28. The number of furan rings is 1. The Morgan fingerprint density at radius 2 is 1.92 bits per heavy atom. The molecule has 1 unspecified atom stereocenters. The molecule has 24 heavy (non-hydrogen) atoms. The van der Waals surface area contributed by atoms with Gasteiger partial charge in [0.25, 0.3) is 0 Å². The fourth-order valence-corrected chi connectivity index (χ4v) is 2.68. The second-order valence-corrected chi connectivity index (χ2v) is 5.70. The lowest BCUT2D eigenvalue weighted by molar-refractivity contribution is 0.556. The molecule has 0 radical (unpaired) electrons. The van der Waals surface area contributed by atoms with Crippen molar-refractivity contribution in [2.45, 2.75) is 19.9 Å². The van der Waals surface area contributed by atoms with E-state index in [1.165, 1.54) is 5.56 Å². The van der Waals surface area contributed by atoms with Crippen LogP contribution in [0.25, 0.3) is 22.6 Å². The van der Waals surface area contributed by atoms with Crippen LogP contribution < -0.4 is 5.73 Å². The maximum atomic E-state index is 5.88. The van der Waals surface area contributed by atoms with Crippen LogP contribution in [0.3, 0.4) is 0 Å². The summed E-state index contributed by atoms with van der Waals surface area (Å²) in [5, 5.41) is 8.52. The van der Waals surface area contributed by atoms with E-state index in [1.54, 1.807) is 17.0 Å². The summed E-state index contributed by atoms with van der Waals surface area (Å²) in [5.41, 5.74) is 9.91. The molecule has 120 valence electrons. The molecule has 4 aromatic rings. The van der Waals surface area contributed by atoms with Crippen molar-refractivity contribution < 1.29 is 4.42 Å². The van der Waals surface area contributed by atoms with Crippen LogP contribution >= 0.6 is 0 Å². The van der Waals surface area contributed by atoms with Crippen molar-refractivity contribution in [1.82, 2.24) is 25.0 Å². The van der Waals surface area contributed by atoms with Crippen LogP contribution in [0, 0.1) is 6.92 Å². The van der Waals surface area contributed by atoms with Gasteiger partial charge in [-0.05, 0) is 31.5 Å². The average molecular weight is 320 g/mol. The highest BCUT2D eigenvalue weighted by Gasteiger charge is 2.20. The van der Waals surface area contributed by atoms with Gasteiger partial charge in [0.15, 0.2) is 16.9 Å². The molecule has 3 heterocycles. The Balaban J connectivity index is 1.87. The third kappa shape index (κ3) is 2.30. The Labute approximate surface area is 138 Å². The number of benzene rings is 1. The van der Waals surface area contributed by atoms with Crippen molar-refractivity contribution in [1.29, 1.82) is 0 Å². The van der Waals surface area contributed by atoms with Gasteiger partial charge in [0, 0.05) is 0 Å². The third-order valence-corrected chi connectivity index (χ3v) is 4.02. The molecule has 7 heteroatoms. The monoisotopic (exact) mass is 320 g/mol. The van der Waals surface area contributed by atoms with E-state index in [9.17, 15) is 0 Å². The standard InChI is InChI=1S/C17H16N6O/c1-10-5-7-12(8-6-10)11(2)23-16-15(21-22-23)14(19-17(18)20-16)13-4-3-9-24-13/h3-9,11H,1-2H3,(H2,18,19,20). The van der Waals surface area contributed by atoms with Crippen LogP contribution in [0.1, 0.15) is 24.1 Å². The summed E-state index contributed by atoms with van der Waals surface area (Å²) in [7, 11) is 0.